The molecule has 0 unspecified atom stereocenters. The molecule has 0 aromatic heterocycles. The second kappa shape index (κ2) is 3.99. The Labute approximate surface area is 80.1 Å². The number of nitriles is 1. The van der Waals surface area contributed by atoms with E-state index in [0.29, 0.717) is 16.3 Å². The van der Waals surface area contributed by atoms with Crippen molar-refractivity contribution in [2.75, 3.05) is 0 Å². The van der Waals surface area contributed by atoms with E-state index in [0.717, 1.165) is 0 Å². The van der Waals surface area contributed by atoms with Crippen LogP contribution in [0.2, 0.25) is 5.02 Å². The van der Waals surface area contributed by atoms with Crippen LogP contribution in [-0.4, -0.2) is 5.16 Å². The summed E-state index contributed by atoms with van der Waals surface area (Å²) in [5.41, 5.74) is 0.900. The molecule has 0 fully saturated rings. The van der Waals surface area contributed by atoms with Crippen molar-refractivity contribution in [2.45, 2.75) is 0 Å². The highest BCUT2D eigenvalue weighted by Crippen LogP contribution is 2.22. The van der Waals surface area contributed by atoms with Crippen molar-refractivity contribution in [3.05, 3.63) is 28.8 Å². The van der Waals surface area contributed by atoms with Gasteiger partial charge in [0.2, 0.25) is 0 Å². The van der Waals surface area contributed by atoms with E-state index >= 15 is 0 Å². The smallest absolute Gasteiger partial charge is 0.101 e. The van der Waals surface area contributed by atoms with Gasteiger partial charge in [0.15, 0.2) is 0 Å². The molecule has 58 valence electrons. The number of thiocarbonyl (C=S) groups is 1. The normalized spacial score (nSPS) is 8.33. The van der Waals surface area contributed by atoms with Crippen molar-refractivity contribution in [3.8, 4) is 6.07 Å². The molecule has 0 saturated carbocycles. The highest BCUT2D eigenvalue weighted by Gasteiger charge is 1.99. The molecular weight excluding hydrogens is 192 g/mol. The maximum atomic E-state index is 8.62. The van der Waals surface area contributed by atoms with E-state index in [2.05, 4.69) is 22.4 Å². The number of hydrogen-bond donors (Lipinski definition) is 0. The zero-order valence-electron chi connectivity index (χ0n) is 5.91. The first kappa shape index (κ1) is 8.89. The van der Waals surface area contributed by atoms with Gasteiger partial charge in [0.1, 0.15) is 6.07 Å². The maximum Gasteiger partial charge on any atom is 0.101 e. The lowest BCUT2D eigenvalue weighted by Crippen LogP contribution is -1.74. The molecule has 0 amide bonds. The molecule has 0 radical (unpaired) electrons. The van der Waals surface area contributed by atoms with Crippen molar-refractivity contribution < 1.29 is 0 Å². The Morgan fingerprint density at radius 2 is 2.25 bits per heavy atom. The van der Waals surface area contributed by atoms with Gasteiger partial charge in [-0.25, -0.2) is 0 Å². The molecule has 0 aliphatic carbocycles. The van der Waals surface area contributed by atoms with Crippen molar-refractivity contribution in [2.24, 2.45) is 4.99 Å². The molecule has 0 saturated heterocycles. The zero-order chi connectivity index (χ0) is 8.97. The van der Waals surface area contributed by atoms with Gasteiger partial charge >= 0.3 is 0 Å². The van der Waals surface area contributed by atoms with Crippen LogP contribution in [-0.2, 0) is 0 Å². The summed E-state index contributed by atoms with van der Waals surface area (Å²) in [5.74, 6) is 0. The minimum absolute atomic E-state index is 0.441. The minimum Gasteiger partial charge on any atom is -0.193 e. The van der Waals surface area contributed by atoms with Crippen molar-refractivity contribution >= 4 is 34.7 Å². The van der Waals surface area contributed by atoms with Crippen LogP contribution in [0.1, 0.15) is 5.56 Å². The molecule has 0 N–H and O–H groups in total. The number of hydrogen-bond acceptors (Lipinski definition) is 3. The highest BCUT2D eigenvalue weighted by molar-refractivity contribution is 7.78. The van der Waals surface area contributed by atoms with Crippen LogP contribution < -0.4 is 0 Å². The fraction of sp³-hybridized carbons (Fsp3) is 0. The van der Waals surface area contributed by atoms with Gasteiger partial charge in [-0.05, 0) is 30.4 Å². The first-order chi connectivity index (χ1) is 5.77. The molecule has 2 nitrogen and oxygen atoms in total. The van der Waals surface area contributed by atoms with Gasteiger partial charge in [-0.1, -0.05) is 11.6 Å². The second-order valence-corrected chi connectivity index (χ2v) is 2.60. The summed E-state index contributed by atoms with van der Waals surface area (Å²) in [4.78, 5) is 3.70. The third-order valence-corrected chi connectivity index (χ3v) is 1.57. The summed E-state index contributed by atoms with van der Waals surface area (Å²) in [5, 5.41) is 11.3. The van der Waals surface area contributed by atoms with E-state index in [1.807, 2.05) is 6.07 Å². The fourth-order valence-electron chi connectivity index (χ4n) is 0.741. The lowest BCUT2D eigenvalue weighted by Gasteiger charge is -1.94. The Hall–Kier alpha value is -1.20. The fourth-order valence-corrected chi connectivity index (χ4v) is 1.01. The molecule has 12 heavy (non-hydrogen) atoms. The lowest BCUT2D eigenvalue weighted by molar-refractivity contribution is 1.45. The van der Waals surface area contributed by atoms with Crippen LogP contribution in [0.15, 0.2) is 23.2 Å². The van der Waals surface area contributed by atoms with E-state index in [1.54, 1.807) is 18.2 Å². The predicted molar refractivity (Wildman–Crippen MR) is 50.9 cm³/mol. The predicted octanol–water partition coefficient (Wildman–Crippen LogP) is 2.95. The topological polar surface area (TPSA) is 36.1 Å². The first-order valence-electron chi connectivity index (χ1n) is 3.05. The average Bonchev–Trinajstić information content (AvgIpc) is 2.05. The molecule has 0 bridgehead atoms. The van der Waals surface area contributed by atoms with Crippen LogP contribution in [0, 0.1) is 11.3 Å². The SMILES string of the molecule is N#Cc1ccc(Cl)cc1N=C=S. The van der Waals surface area contributed by atoms with Crippen LogP contribution >= 0.6 is 23.8 Å². The maximum absolute atomic E-state index is 8.62. The molecule has 1 aromatic rings. The van der Waals surface area contributed by atoms with Crippen molar-refractivity contribution in [3.63, 3.8) is 0 Å². The number of rotatable bonds is 1. The Morgan fingerprint density at radius 3 is 2.83 bits per heavy atom. The van der Waals surface area contributed by atoms with Gasteiger partial charge in [0, 0.05) is 5.02 Å². The monoisotopic (exact) mass is 194 g/mol. The molecule has 0 atom stereocenters. The van der Waals surface area contributed by atoms with Gasteiger partial charge in [0.25, 0.3) is 0 Å². The van der Waals surface area contributed by atoms with E-state index < -0.39 is 0 Å². The molecule has 1 aromatic carbocycles. The van der Waals surface area contributed by atoms with Gasteiger partial charge in [-0.2, -0.15) is 10.3 Å². The molecule has 1 rings (SSSR count). The Kier molecular flexibility index (Phi) is 2.95. The molecule has 0 aliphatic heterocycles. The van der Waals surface area contributed by atoms with Crippen LogP contribution in [0.25, 0.3) is 0 Å². The van der Waals surface area contributed by atoms with Crippen LogP contribution in [0.3, 0.4) is 0 Å². The van der Waals surface area contributed by atoms with Gasteiger partial charge in [-0.3, -0.25) is 0 Å². The van der Waals surface area contributed by atoms with E-state index in [1.165, 1.54) is 0 Å². The minimum atomic E-state index is 0.441. The molecule has 0 heterocycles. The average molecular weight is 195 g/mol. The summed E-state index contributed by atoms with van der Waals surface area (Å²) in [6.45, 7) is 0. The number of halogens is 1. The van der Waals surface area contributed by atoms with E-state index in [4.69, 9.17) is 16.9 Å². The van der Waals surface area contributed by atoms with Crippen molar-refractivity contribution in [1.82, 2.24) is 0 Å². The summed E-state index contributed by atoms with van der Waals surface area (Å²) < 4.78 is 0. The Morgan fingerprint density at radius 1 is 1.50 bits per heavy atom. The zero-order valence-corrected chi connectivity index (χ0v) is 7.49. The largest absolute Gasteiger partial charge is 0.193 e. The molecule has 0 spiro atoms. The van der Waals surface area contributed by atoms with E-state index in [-0.39, 0.29) is 0 Å². The Bertz CT molecular complexity index is 389. The lowest BCUT2D eigenvalue weighted by atomic mass is 10.2. The summed E-state index contributed by atoms with van der Waals surface area (Å²) >= 11 is 10.1. The third-order valence-electron chi connectivity index (χ3n) is 1.25. The number of nitrogens with zero attached hydrogens (tertiary/aromatic N) is 2. The van der Waals surface area contributed by atoms with Gasteiger partial charge in [-0.15, -0.1) is 0 Å². The summed E-state index contributed by atoms with van der Waals surface area (Å²) in [6.07, 6.45) is 0. The van der Waals surface area contributed by atoms with Gasteiger partial charge < -0.3 is 0 Å². The summed E-state index contributed by atoms with van der Waals surface area (Å²) in [7, 11) is 0. The Balaban J connectivity index is 3.33. The van der Waals surface area contributed by atoms with Gasteiger partial charge in [0.05, 0.1) is 16.4 Å². The van der Waals surface area contributed by atoms with Crippen LogP contribution in [0.4, 0.5) is 5.69 Å². The van der Waals surface area contributed by atoms with Crippen LogP contribution in [0.5, 0.6) is 0 Å². The first-order valence-corrected chi connectivity index (χ1v) is 3.84. The number of isothiocyanates is 1. The number of benzene rings is 1. The quantitative estimate of drug-likeness (QED) is 0.509. The third kappa shape index (κ3) is 1.90. The number of aliphatic imine (C=N–C) groups is 1. The second-order valence-electron chi connectivity index (χ2n) is 1.98. The highest BCUT2D eigenvalue weighted by atomic mass is 35.5. The molecule has 0 aliphatic rings. The standard InChI is InChI=1S/C8H3ClN2S/c9-7-2-1-6(4-10)8(3-7)11-5-12/h1-3H. The van der Waals surface area contributed by atoms with E-state index in [9.17, 15) is 0 Å². The summed E-state index contributed by atoms with van der Waals surface area (Å²) in [6, 6.07) is 6.76. The van der Waals surface area contributed by atoms with Crippen molar-refractivity contribution in [1.29, 1.82) is 5.26 Å². The molecular formula is C8H3ClN2S. The molecule has 4 heteroatoms.